The molecule has 0 aliphatic heterocycles. The number of hydrogen-bond donors (Lipinski definition) is 1. The van der Waals surface area contributed by atoms with Gasteiger partial charge in [-0.1, -0.05) is 11.6 Å². The van der Waals surface area contributed by atoms with Gasteiger partial charge in [0, 0.05) is 17.0 Å². The Morgan fingerprint density at radius 2 is 2.04 bits per heavy atom. The van der Waals surface area contributed by atoms with Crippen LogP contribution in [-0.2, 0) is 0 Å². The van der Waals surface area contributed by atoms with E-state index in [-0.39, 0.29) is 28.4 Å². The lowest BCUT2D eigenvalue weighted by molar-refractivity contribution is 0.0954. The zero-order valence-electron chi connectivity index (χ0n) is 13.5. The van der Waals surface area contributed by atoms with Crippen LogP contribution in [0.25, 0.3) is 11.4 Å². The molecule has 1 aromatic carbocycles. The Hall–Kier alpha value is -2.09. The predicted molar refractivity (Wildman–Crippen MR) is 100 cm³/mol. The molecule has 134 valence electrons. The largest absolute Gasteiger partial charge is 0.350 e. The average molecular weight is 411 g/mol. The first-order valence-electron chi connectivity index (χ1n) is 7.55. The van der Waals surface area contributed by atoms with Crippen LogP contribution in [-0.4, -0.2) is 27.4 Å². The zero-order chi connectivity index (χ0) is 18.7. The number of aromatic nitrogens is 3. The first-order chi connectivity index (χ1) is 12.5. The Bertz CT molecular complexity index is 933. The molecule has 9 heteroatoms. The normalized spacial score (nSPS) is 12.0. The lowest BCUT2D eigenvalue weighted by atomic mass is 10.1. The molecule has 0 aliphatic carbocycles. The molecule has 0 bridgehead atoms. The summed E-state index contributed by atoms with van der Waals surface area (Å²) in [5.41, 5.74) is 3.38. The molecule has 0 radical (unpaired) electrons. The van der Waals surface area contributed by atoms with Gasteiger partial charge in [-0.25, -0.2) is 19.3 Å². The molecule has 0 saturated carbocycles. The summed E-state index contributed by atoms with van der Waals surface area (Å²) in [4.78, 5) is 25.4. The van der Waals surface area contributed by atoms with Gasteiger partial charge >= 0.3 is 0 Å². The van der Waals surface area contributed by atoms with Gasteiger partial charge in [0.2, 0.25) is 0 Å². The maximum atomic E-state index is 13.0. The van der Waals surface area contributed by atoms with Gasteiger partial charge in [0.25, 0.3) is 5.91 Å². The van der Waals surface area contributed by atoms with E-state index in [1.165, 1.54) is 11.3 Å². The molecule has 0 spiro atoms. The third-order valence-corrected chi connectivity index (χ3v) is 5.47. The summed E-state index contributed by atoms with van der Waals surface area (Å²) in [5.74, 6) is -0.605. The third-order valence-electron chi connectivity index (χ3n) is 3.60. The summed E-state index contributed by atoms with van der Waals surface area (Å²) < 4.78 is 13.0. The van der Waals surface area contributed by atoms with E-state index in [0.29, 0.717) is 11.4 Å². The highest BCUT2D eigenvalue weighted by molar-refractivity contribution is 7.10. The van der Waals surface area contributed by atoms with Crippen molar-refractivity contribution in [1.29, 1.82) is 0 Å². The number of benzene rings is 1. The lowest BCUT2D eigenvalue weighted by Gasteiger charge is -2.11. The Morgan fingerprint density at radius 3 is 2.69 bits per heavy atom. The van der Waals surface area contributed by atoms with E-state index in [4.69, 9.17) is 23.2 Å². The topological polar surface area (TPSA) is 67.8 Å². The molecule has 1 atom stereocenters. The monoisotopic (exact) mass is 410 g/mol. The van der Waals surface area contributed by atoms with Crippen molar-refractivity contribution in [1.82, 2.24) is 20.3 Å². The average Bonchev–Trinajstić information content (AvgIpc) is 3.06. The molecule has 3 aromatic rings. The van der Waals surface area contributed by atoms with Crippen molar-refractivity contribution in [3.05, 3.63) is 63.1 Å². The standard InChI is InChI=1S/C17H13Cl2FN4OS/c1-9-15(26-8-24-9)14(19)7-23-17(25)12-4-10(2-3-13(12)18)16-21-5-11(20)6-22-16/h2-6,8,14H,7H2,1H3,(H,23,25). The van der Waals surface area contributed by atoms with Crippen molar-refractivity contribution in [3.63, 3.8) is 0 Å². The van der Waals surface area contributed by atoms with Gasteiger partial charge < -0.3 is 5.32 Å². The van der Waals surface area contributed by atoms with Crippen LogP contribution in [0.1, 0.15) is 26.3 Å². The molecule has 1 N–H and O–H groups in total. The minimum atomic E-state index is -0.535. The van der Waals surface area contributed by atoms with E-state index in [0.717, 1.165) is 23.0 Å². The number of rotatable bonds is 5. The fourth-order valence-corrected chi connectivity index (χ4v) is 3.65. The summed E-state index contributed by atoms with van der Waals surface area (Å²) in [5, 5.41) is 2.67. The molecular formula is C17H13Cl2FN4OS. The second-order valence-corrected chi connectivity index (χ2v) is 7.22. The molecule has 26 heavy (non-hydrogen) atoms. The van der Waals surface area contributed by atoms with Crippen LogP contribution in [0.3, 0.4) is 0 Å². The fourth-order valence-electron chi connectivity index (χ4n) is 2.28. The Kier molecular flexibility index (Phi) is 5.80. The number of nitrogens with one attached hydrogen (secondary N) is 1. The van der Waals surface area contributed by atoms with Crippen LogP contribution in [0.5, 0.6) is 0 Å². The summed E-state index contributed by atoms with van der Waals surface area (Å²) >= 11 is 13.9. The van der Waals surface area contributed by atoms with Crippen LogP contribution in [0.4, 0.5) is 4.39 Å². The van der Waals surface area contributed by atoms with Gasteiger partial charge in [-0.2, -0.15) is 0 Å². The minimum Gasteiger partial charge on any atom is -0.350 e. The van der Waals surface area contributed by atoms with E-state index in [2.05, 4.69) is 20.3 Å². The van der Waals surface area contributed by atoms with Gasteiger partial charge in [0.1, 0.15) is 0 Å². The van der Waals surface area contributed by atoms with Crippen molar-refractivity contribution in [2.45, 2.75) is 12.3 Å². The second-order valence-electron chi connectivity index (χ2n) is 5.40. The first-order valence-corrected chi connectivity index (χ1v) is 9.25. The number of carbonyl (C=O) groups is 1. The van der Waals surface area contributed by atoms with Gasteiger partial charge in [-0.05, 0) is 25.1 Å². The Balaban J connectivity index is 1.75. The highest BCUT2D eigenvalue weighted by Crippen LogP contribution is 2.27. The van der Waals surface area contributed by atoms with Crippen LogP contribution in [0.15, 0.2) is 36.1 Å². The van der Waals surface area contributed by atoms with Gasteiger partial charge in [-0.3, -0.25) is 4.79 Å². The van der Waals surface area contributed by atoms with Crippen molar-refractivity contribution in [3.8, 4) is 11.4 Å². The minimum absolute atomic E-state index is 0.233. The number of thiazole rings is 1. The van der Waals surface area contributed by atoms with Crippen molar-refractivity contribution < 1.29 is 9.18 Å². The number of aryl methyl sites for hydroxylation is 1. The van der Waals surface area contributed by atoms with Crippen molar-refractivity contribution in [2.75, 3.05) is 6.54 Å². The molecule has 2 heterocycles. The molecule has 5 nitrogen and oxygen atoms in total. The van der Waals surface area contributed by atoms with Crippen molar-refractivity contribution >= 4 is 40.4 Å². The number of nitrogens with zero attached hydrogens (tertiary/aromatic N) is 3. The Morgan fingerprint density at radius 1 is 1.31 bits per heavy atom. The smallest absolute Gasteiger partial charge is 0.252 e. The molecule has 3 rings (SSSR count). The molecule has 0 saturated heterocycles. The van der Waals surface area contributed by atoms with Crippen LogP contribution in [0.2, 0.25) is 5.02 Å². The summed E-state index contributed by atoms with van der Waals surface area (Å²) in [7, 11) is 0. The van der Waals surface area contributed by atoms with Crippen LogP contribution >= 0.6 is 34.5 Å². The SMILES string of the molecule is Cc1ncsc1C(Cl)CNC(=O)c1cc(-c2ncc(F)cn2)ccc1Cl. The molecule has 0 aliphatic rings. The third kappa shape index (κ3) is 4.17. The maximum absolute atomic E-state index is 13.0. The number of halogens is 3. The second kappa shape index (κ2) is 8.07. The van der Waals surface area contributed by atoms with E-state index in [1.807, 2.05) is 6.92 Å². The van der Waals surface area contributed by atoms with E-state index in [1.54, 1.807) is 23.7 Å². The zero-order valence-corrected chi connectivity index (χ0v) is 15.9. The fraction of sp³-hybridized carbons (Fsp3) is 0.176. The Labute approximate surface area is 163 Å². The van der Waals surface area contributed by atoms with E-state index < -0.39 is 5.82 Å². The number of hydrogen-bond acceptors (Lipinski definition) is 5. The molecule has 2 aromatic heterocycles. The molecule has 0 fully saturated rings. The van der Waals surface area contributed by atoms with E-state index >= 15 is 0 Å². The summed E-state index contributed by atoms with van der Waals surface area (Å²) in [6.07, 6.45) is 2.12. The molecule has 1 unspecified atom stereocenters. The van der Waals surface area contributed by atoms with Crippen LogP contribution < -0.4 is 5.32 Å². The highest BCUT2D eigenvalue weighted by Gasteiger charge is 2.17. The predicted octanol–water partition coefficient (Wildman–Crippen LogP) is 4.41. The summed E-state index contributed by atoms with van der Waals surface area (Å²) in [6.45, 7) is 2.10. The van der Waals surface area contributed by atoms with Gasteiger partial charge in [0.05, 0.1) is 39.6 Å². The number of alkyl halides is 1. The van der Waals surface area contributed by atoms with E-state index in [9.17, 15) is 9.18 Å². The maximum Gasteiger partial charge on any atom is 0.252 e. The lowest BCUT2D eigenvalue weighted by Crippen LogP contribution is -2.27. The molecular weight excluding hydrogens is 398 g/mol. The first kappa shape index (κ1) is 18.7. The van der Waals surface area contributed by atoms with Crippen molar-refractivity contribution in [2.24, 2.45) is 0 Å². The van der Waals surface area contributed by atoms with Crippen LogP contribution in [0, 0.1) is 12.7 Å². The number of amides is 1. The van der Waals surface area contributed by atoms with Gasteiger partial charge in [-0.15, -0.1) is 22.9 Å². The van der Waals surface area contributed by atoms with Gasteiger partial charge in [0.15, 0.2) is 11.6 Å². The quantitative estimate of drug-likeness (QED) is 0.632. The highest BCUT2D eigenvalue weighted by atomic mass is 35.5. The number of carbonyl (C=O) groups excluding carboxylic acids is 1. The molecule has 1 amide bonds. The summed E-state index contributed by atoms with van der Waals surface area (Å²) in [6, 6.07) is 4.80.